The minimum absolute atomic E-state index is 0.0373. The van der Waals surface area contributed by atoms with Gasteiger partial charge in [-0.1, -0.05) is 0 Å². The van der Waals surface area contributed by atoms with E-state index in [1.807, 2.05) is 6.07 Å². The minimum atomic E-state index is -1.06. The number of nitrogens with one attached hydrogen (secondary N) is 1. The van der Waals surface area contributed by atoms with E-state index in [1.54, 1.807) is 24.3 Å². The molecule has 19 heavy (non-hydrogen) atoms. The first kappa shape index (κ1) is 14.7. The SMILES string of the molecule is CC(OCCC(=O)Nc1ccc(C#N)cc1)C(=O)O. The summed E-state index contributed by atoms with van der Waals surface area (Å²) in [5, 5.41) is 19.8. The molecule has 0 aliphatic heterocycles. The van der Waals surface area contributed by atoms with Crippen LogP contribution in [0, 0.1) is 11.3 Å². The van der Waals surface area contributed by atoms with Gasteiger partial charge < -0.3 is 15.2 Å². The van der Waals surface area contributed by atoms with Gasteiger partial charge in [-0.3, -0.25) is 4.79 Å². The molecular weight excluding hydrogens is 248 g/mol. The largest absolute Gasteiger partial charge is 0.479 e. The Balaban J connectivity index is 2.35. The molecule has 1 unspecified atom stereocenters. The molecule has 1 aromatic rings. The average molecular weight is 262 g/mol. The van der Waals surface area contributed by atoms with E-state index < -0.39 is 12.1 Å². The number of rotatable bonds is 6. The van der Waals surface area contributed by atoms with Gasteiger partial charge in [-0.05, 0) is 31.2 Å². The number of ether oxygens (including phenoxy) is 1. The number of aliphatic carboxylic acids is 1. The number of carboxylic acid groups (broad SMARTS) is 1. The highest BCUT2D eigenvalue weighted by Gasteiger charge is 2.11. The number of anilines is 1. The van der Waals surface area contributed by atoms with Crippen molar-refractivity contribution in [1.82, 2.24) is 0 Å². The number of nitrogens with zero attached hydrogens (tertiary/aromatic N) is 1. The standard InChI is InChI=1S/C13H14N2O4/c1-9(13(17)18)19-7-6-12(16)15-11-4-2-10(8-14)3-5-11/h2-5,9H,6-7H2,1H3,(H,15,16)(H,17,18). The molecule has 0 aromatic heterocycles. The van der Waals surface area contributed by atoms with Crippen LogP contribution in [0.5, 0.6) is 0 Å². The number of hydrogen-bond donors (Lipinski definition) is 2. The molecule has 0 fully saturated rings. The second-order valence-electron chi connectivity index (χ2n) is 3.84. The molecular formula is C13H14N2O4. The molecule has 6 nitrogen and oxygen atoms in total. The molecule has 0 aliphatic rings. The Morgan fingerprint density at radius 3 is 2.58 bits per heavy atom. The zero-order valence-corrected chi connectivity index (χ0v) is 10.4. The van der Waals surface area contributed by atoms with Crippen LogP contribution in [0.15, 0.2) is 24.3 Å². The Labute approximate surface area is 110 Å². The van der Waals surface area contributed by atoms with E-state index in [9.17, 15) is 9.59 Å². The molecule has 1 atom stereocenters. The Hall–Kier alpha value is -2.39. The summed E-state index contributed by atoms with van der Waals surface area (Å²) < 4.78 is 4.94. The maximum Gasteiger partial charge on any atom is 0.332 e. The third-order valence-corrected chi connectivity index (χ3v) is 2.34. The number of hydrogen-bond acceptors (Lipinski definition) is 4. The fourth-order valence-corrected chi connectivity index (χ4v) is 1.25. The molecule has 0 saturated carbocycles. The monoisotopic (exact) mass is 262 g/mol. The van der Waals surface area contributed by atoms with E-state index >= 15 is 0 Å². The summed E-state index contributed by atoms with van der Waals surface area (Å²) in [4.78, 5) is 22.0. The maximum atomic E-state index is 11.5. The highest BCUT2D eigenvalue weighted by atomic mass is 16.5. The van der Waals surface area contributed by atoms with Gasteiger partial charge in [0.05, 0.1) is 24.7 Å². The van der Waals surface area contributed by atoms with Crippen LogP contribution in [-0.2, 0) is 14.3 Å². The van der Waals surface area contributed by atoms with Crippen molar-refractivity contribution in [3.05, 3.63) is 29.8 Å². The average Bonchev–Trinajstić information content (AvgIpc) is 2.39. The van der Waals surface area contributed by atoms with Crippen LogP contribution in [0.2, 0.25) is 0 Å². The van der Waals surface area contributed by atoms with Crippen LogP contribution < -0.4 is 5.32 Å². The van der Waals surface area contributed by atoms with Crippen LogP contribution >= 0.6 is 0 Å². The van der Waals surface area contributed by atoms with Gasteiger partial charge in [-0.2, -0.15) is 5.26 Å². The second kappa shape index (κ2) is 7.13. The molecule has 100 valence electrons. The van der Waals surface area contributed by atoms with Crippen molar-refractivity contribution in [2.75, 3.05) is 11.9 Å². The summed E-state index contributed by atoms with van der Waals surface area (Å²) in [6.45, 7) is 1.44. The van der Waals surface area contributed by atoms with Gasteiger partial charge in [0.1, 0.15) is 0 Å². The fourth-order valence-electron chi connectivity index (χ4n) is 1.25. The lowest BCUT2D eigenvalue weighted by Gasteiger charge is -2.08. The number of benzene rings is 1. The van der Waals surface area contributed by atoms with Crippen molar-refractivity contribution < 1.29 is 19.4 Å². The molecule has 0 aliphatic carbocycles. The molecule has 1 amide bonds. The van der Waals surface area contributed by atoms with Crippen LogP contribution in [0.25, 0.3) is 0 Å². The van der Waals surface area contributed by atoms with Crippen molar-refractivity contribution >= 4 is 17.6 Å². The maximum absolute atomic E-state index is 11.5. The number of carbonyl (C=O) groups excluding carboxylic acids is 1. The van der Waals surface area contributed by atoms with E-state index in [2.05, 4.69) is 5.32 Å². The first-order chi connectivity index (χ1) is 9.02. The van der Waals surface area contributed by atoms with Gasteiger partial charge in [-0.25, -0.2) is 4.79 Å². The first-order valence-electron chi connectivity index (χ1n) is 5.67. The van der Waals surface area contributed by atoms with Gasteiger partial charge in [-0.15, -0.1) is 0 Å². The Kier molecular flexibility index (Phi) is 5.51. The minimum Gasteiger partial charge on any atom is -0.479 e. The smallest absolute Gasteiger partial charge is 0.332 e. The lowest BCUT2D eigenvalue weighted by molar-refractivity contribution is -0.149. The van der Waals surface area contributed by atoms with Crippen molar-refractivity contribution in [3.63, 3.8) is 0 Å². The number of carboxylic acids is 1. The summed E-state index contributed by atoms with van der Waals surface area (Å²) in [5.74, 6) is -1.34. The topological polar surface area (TPSA) is 99.4 Å². The zero-order valence-electron chi connectivity index (χ0n) is 10.4. The molecule has 1 rings (SSSR count). The van der Waals surface area contributed by atoms with Gasteiger partial charge in [0.15, 0.2) is 6.10 Å². The highest BCUT2D eigenvalue weighted by Crippen LogP contribution is 2.09. The number of carbonyl (C=O) groups is 2. The second-order valence-corrected chi connectivity index (χ2v) is 3.84. The molecule has 0 bridgehead atoms. The van der Waals surface area contributed by atoms with Crippen LogP contribution in [0.4, 0.5) is 5.69 Å². The molecule has 1 aromatic carbocycles. The van der Waals surface area contributed by atoms with Crippen LogP contribution in [-0.4, -0.2) is 29.7 Å². The van der Waals surface area contributed by atoms with Crippen molar-refractivity contribution in [3.8, 4) is 6.07 Å². The molecule has 0 saturated heterocycles. The van der Waals surface area contributed by atoms with E-state index in [4.69, 9.17) is 15.1 Å². The third kappa shape index (κ3) is 5.19. The van der Waals surface area contributed by atoms with Gasteiger partial charge >= 0.3 is 5.97 Å². The van der Waals surface area contributed by atoms with E-state index in [-0.39, 0.29) is 18.9 Å². The van der Waals surface area contributed by atoms with Gasteiger partial charge in [0.25, 0.3) is 0 Å². The highest BCUT2D eigenvalue weighted by molar-refractivity contribution is 5.90. The van der Waals surface area contributed by atoms with E-state index in [1.165, 1.54) is 6.92 Å². The summed E-state index contributed by atoms with van der Waals surface area (Å²) in [7, 11) is 0. The molecule has 6 heteroatoms. The predicted octanol–water partition coefficient (Wildman–Crippen LogP) is 1.38. The quantitative estimate of drug-likeness (QED) is 0.806. The normalized spacial score (nSPS) is 11.4. The van der Waals surface area contributed by atoms with E-state index in [0.717, 1.165) is 0 Å². The van der Waals surface area contributed by atoms with Crippen molar-refractivity contribution in [2.24, 2.45) is 0 Å². The van der Waals surface area contributed by atoms with Gasteiger partial charge in [0, 0.05) is 5.69 Å². The first-order valence-corrected chi connectivity index (χ1v) is 5.67. The zero-order chi connectivity index (χ0) is 14.3. The Morgan fingerprint density at radius 1 is 1.42 bits per heavy atom. The number of nitriles is 1. The fraction of sp³-hybridized carbons (Fsp3) is 0.308. The molecule has 0 spiro atoms. The van der Waals surface area contributed by atoms with Crippen LogP contribution in [0.3, 0.4) is 0 Å². The molecule has 0 radical (unpaired) electrons. The molecule has 2 N–H and O–H groups in total. The van der Waals surface area contributed by atoms with Crippen LogP contribution in [0.1, 0.15) is 18.9 Å². The lowest BCUT2D eigenvalue weighted by atomic mass is 10.2. The predicted molar refractivity (Wildman–Crippen MR) is 67.5 cm³/mol. The summed E-state index contributed by atoms with van der Waals surface area (Å²) in [6.07, 6.45) is -0.861. The summed E-state index contributed by atoms with van der Waals surface area (Å²) in [5.41, 5.74) is 1.09. The van der Waals surface area contributed by atoms with Crippen molar-refractivity contribution in [2.45, 2.75) is 19.4 Å². The molecule has 0 heterocycles. The summed E-state index contributed by atoms with van der Waals surface area (Å²) in [6, 6.07) is 8.41. The summed E-state index contributed by atoms with van der Waals surface area (Å²) >= 11 is 0. The third-order valence-electron chi connectivity index (χ3n) is 2.34. The van der Waals surface area contributed by atoms with Gasteiger partial charge in [0.2, 0.25) is 5.91 Å². The van der Waals surface area contributed by atoms with E-state index in [0.29, 0.717) is 11.3 Å². The van der Waals surface area contributed by atoms with Crippen molar-refractivity contribution in [1.29, 1.82) is 5.26 Å². The Bertz CT molecular complexity index is 490. The Morgan fingerprint density at radius 2 is 2.05 bits per heavy atom. The number of amides is 1. The lowest BCUT2D eigenvalue weighted by Crippen LogP contribution is -2.22.